The van der Waals surface area contributed by atoms with E-state index in [0.717, 1.165) is 0 Å². The average Bonchev–Trinajstić information content (AvgIpc) is 2.40. The van der Waals surface area contributed by atoms with Crippen molar-refractivity contribution >= 4 is 24.3 Å². The molecule has 0 fully saturated rings. The topological polar surface area (TPSA) is 85.9 Å². The molecule has 0 radical (unpaired) electrons. The SMILES string of the molecule is CCOC(=O)C(C#N)=C(S)Nc1ccc(C#N)cc1. The van der Waals surface area contributed by atoms with Gasteiger partial charge in [0.25, 0.3) is 0 Å². The Morgan fingerprint density at radius 2 is 2.00 bits per heavy atom. The highest BCUT2D eigenvalue weighted by atomic mass is 32.1. The summed E-state index contributed by atoms with van der Waals surface area (Å²) in [5, 5.41) is 20.5. The third-order valence-corrected chi connectivity index (χ3v) is 2.44. The first-order valence-corrected chi connectivity index (χ1v) is 5.84. The summed E-state index contributed by atoms with van der Waals surface area (Å²) >= 11 is 4.08. The van der Waals surface area contributed by atoms with Crippen LogP contribution < -0.4 is 5.32 Å². The van der Waals surface area contributed by atoms with Crippen LogP contribution in [0.1, 0.15) is 12.5 Å². The Morgan fingerprint density at radius 3 is 2.47 bits per heavy atom. The molecule has 1 N–H and O–H groups in total. The van der Waals surface area contributed by atoms with E-state index in [1.807, 2.05) is 6.07 Å². The summed E-state index contributed by atoms with van der Waals surface area (Å²) < 4.78 is 4.74. The number of benzene rings is 1. The monoisotopic (exact) mass is 273 g/mol. The van der Waals surface area contributed by atoms with E-state index < -0.39 is 5.97 Å². The van der Waals surface area contributed by atoms with Crippen LogP contribution in [0, 0.1) is 22.7 Å². The molecule has 19 heavy (non-hydrogen) atoms. The van der Waals surface area contributed by atoms with Crippen LogP contribution in [0.15, 0.2) is 34.9 Å². The first-order chi connectivity index (χ1) is 9.12. The average molecular weight is 273 g/mol. The third kappa shape index (κ3) is 4.06. The zero-order chi connectivity index (χ0) is 14.3. The number of hydrogen-bond acceptors (Lipinski definition) is 6. The Morgan fingerprint density at radius 1 is 1.37 bits per heavy atom. The van der Waals surface area contributed by atoms with Crippen LogP contribution in [0.4, 0.5) is 5.69 Å². The quantitative estimate of drug-likeness (QED) is 0.380. The van der Waals surface area contributed by atoms with Crippen LogP contribution in [0.5, 0.6) is 0 Å². The highest BCUT2D eigenvalue weighted by Gasteiger charge is 2.14. The molecule has 0 amide bonds. The van der Waals surface area contributed by atoms with Crippen molar-refractivity contribution in [1.29, 1.82) is 10.5 Å². The summed E-state index contributed by atoms with van der Waals surface area (Å²) in [4.78, 5) is 11.5. The lowest BCUT2D eigenvalue weighted by Crippen LogP contribution is -2.10. The highest BCUT2D eigenvalue weighted by Crippen LogP contribution is 2.16. The second-order valence-electron chi connectivity index (χ2n) is 3.37. The molecule has 0 spiro atoms. The molecule has 1 aromatic carbocycles. The molecule has 0 saturated carbocycles. The van der Waals surface area contributed by atoms with Crippen molar-refractivity contribution in [1.82, 2.24) is 0 Å². The number of nitrogens with one attached hydrogen (secondary N) is 1. The van der Waals surface area contributed by atoms with E-state index in [2.05, 4.69) is 17.9 Å². The molecule has 0 atom stereocenters. The second kappa shape index (κ2) is 7.10. The zero-order valence-corrected chi connectivity index (χ0v) is 11.1. The van der Waals surface area contributed by atoms with E-state index in [9.17, 15) is 4.79 Å². The molecular weight excluding hydrogens is 262 g/mol. The summed E-state index contributed by atoms with van der Waals surface area (Å²) in [5.41, 5.74) is 0.928. The number of anilines is 1. The number of carbonyl (C=O) groups is 1. The van der Waals surface area contributed by atoms with Gasteiger partial charge in [-0.3, -0.25) is 0 Å². The minimum atomic E-state index is -0.726. The largest absolute Gasteiger partial charge is 0.462 e. The van der Waals surface area contributed by atoms with Crippen LogP contribution in [0.2, 0.25) is 0 Å². The van der Waals surface area contributed by atoms with Crippen molar-refractivity contribution in [2.24, 2.45) is 0 Å². The van der Waals surface area contributed by atoms with E-state index in [1.165, 1.54) is 0 Å². The molecule has 0 aromatic heterocycles. The smallest absolute Gasteiger partial charge is 0.351 e. The molecule has 0 unspecified atom stereocenters. The summed E-state index contributed by atoms with van der Waals surface area (Å²) in [6, 6.07) is 10.3. The fourth-order valence-electron chi connectivity index (χ4n) is 1.23. The summed E-state index contributed by atoms with van der Waals surface area (Å²) in [7, 11) is 0. The predicted octanol–water partition coefficient (Wildman–Crippen LogP) is 2.20. The Balaban J connectivity index is 2.92. The van der Waals surface area contributed by atoms with Gasteiger partial charge in [-0.15, -0.1) is 12.6 Å². The number of ether oxygens (including phenoxy) is 1. The van der Waals surface area contributed by atoms with Crippen molar-refractivity contribution in [2.75, 3.05) is 11.9 Å². The Bertz CT molecular complexity index is 579. The van der Waals surface area contributed by atoms with Gasteiger partial charge in [-0.25, -0.2) is 4.79 Å². The second-order valence-corrected chi connectivity index (χ2v) is 3.82. The fourth-order valence-corrected chi connectivity index (χ4v) is 1.50. The van der Waals surface area contributed by atoms with Crippen molar-refractivity contribution in [3.8, 4) is 12.1 Å². The lowest BCUT2D eigenvalue weighted by Gasteiger charge is -2.08. The van der Waals surface area contributed by atoms with Gasteiger partial charge in [0.15, 0.2) is 5.57 Å². The van der Waals surface area contributed by atoms with E-state index in [4.69, 9.17) is 15.3 Å². The first kappa shape index (κ1) is 14.6. The van der Waals surface area contributed by atoms with Crippen molar-refractivity contribution < 1.29 is 9.53 Å². The van der Waals surface area contributed by atoms with Gasteiger partial charge in [0.2, 0.25) is 0 Å². The number of thiol groups is 1. The summed E-state index contributed by atoms with van der Waals surface area (Å²) in [6.07, 6.45) is 0. The normalized spacial score (nSPS) is 10.7. The van der Waals surface area contributed by atoms with E-state index in [0.29, 0.717) is 11.3 Å². The molecule has 1 rings (SSSR count). The van der Waals surface area contributed by atoms with Gasteiger partial charge in [-0.05, 0) is 31.2 Å². The van der Waals surface area contributed by atoms with Gasteiger partial charge in [-0.1, -0.05) is 0 Å². The first-order valence-electron chi connectivity index (χ1n) is 5.40. The number of nitrogens with zero attached hydrogens (tertiary/aromatic N) is 2. The van der Waals surface area contributed by atoms with Gasteiger partial charge in [0.05, 0.1) is 23.3 Å². The van der Waals surface area contributed by atoms with Gasteiger partial charge in [0, 0.05) is 5.69 Å². The van der Waals surface area contributed by atoms with Gasteiger partial charge < -0.3 is 10.1 Å². The van der Waals surface area contributed by atoms with Crippen LogP contribution in [0.3, 0.4) is 0 Å². The molecule has 0 heterocycles. The van der Waals surface area contributed by atoms with Gasteiger partial charge in [0.1, 0.15) is 6.07 Å². The maximum Gasteiger partial charge on any atom is 0.351 e. The summed E-state index contributed by atoms with van der Waals surface area (Å²) in [6.45, 7) is 1.83. The number of nitriles is 2. The molecule has 0 aliphatic carbocycles. The molecule has 5 nitrogen and oxygen atoms in total. The van der Waals surface area contributed by atoms with Gasteiger partial charge in [-0.2, -0.15) is 10.5 Å². The number of hydrogen-bond donors (Lipinski definition) is 2. The minimum Gasteiger partial charge on any atom is -0.462 e. The minimum absolute atomic E-state index is 0.102. The van der Waals surface area contributed by atoms with E-state index >= 15 is 0 Å². The molecule has 96 valence electrons. The maximum absolute atomic E-state index is 11.5. The van der Waals surface area contributed by atoms with E-state index in [-0.39, 0.29) is 17.2 Å². The predicted molar refractivity (Wildman–Crippen MR) is 73.0 cm³/mol. The number of rotatable bonds is 4. The molecule has 0 saturated heterocycles. The number of esters is 1. The lowest BCUT2D eigenvalue weighted by molar-refractivity contribution is -0.138. The van der Waals surface area contributed by atoms with Gasteiger partial charge >= 0.3 is 5.97 Å². The standard InChI is InChI=1S/C13H11N3O2S/c1-2-18-13(17)11(8-15)12(19)16-10-5-3-9(7-14)4-6-10/h3-6,16,19H,2H2,1H3. The fraction of sp³-hybridized carbons (Fsp3) is 0.154. The Kier molecular flexibility index (Phi) is 5.46. The van der Waals surface area contributed by atoms with Crippen molar-refractivity contribution in [3.05, 3.63) is 40.4 Å². The van der Waals surface area contributed by atoms with Crippen LogP contribution in [0.25, 0.3) is 0 Å². The van der Waals surface area contributed by atoms with Crippen LogP contribution in [-0.4, -0.2) is 12.6 Å². The number of carbonyl (C=O) groups excluding carboxylic acids is 1. The molecule has 6 heteroatoms. The molecule has 0 aliphatic heterocycles. The molecule has 1 aromatic rings. The molecule has 0 bridgehead atoms. The summed E-state index contributed by atoms with van der Waals surface area (Å²) in [5.74, 6) is -0.726. The Labute approximate surface area is 116 Å². The van der Waals surface area contributed by atoms with E-state index in [1.54, 1.807) is 37.3 Å². The zero-order valence-electron chi connectivity index (χ0n) is 10.2. The Hall–Kier alpha value is -2.44. The molecular formula is C13H11N3O2S. The van der Waals surface area contributed by atoms with Crippen LogP contribution in [-0.2, 0) is 9.53 Å². The van der Waals surface area contributed by atoms with Crippen LogP contribution >= 0.6 is 12.6 Å². The van der Waals surface area contributed by atoms with Crippen molar-refractivity contribution in [2.45, 2.75) is 6.92 Å². The lowest BCUT2D eigenvalue weighted by atomic mass is 10.2. The molecule has 0 aliphatic rings. The van der Waals surface area contributed by atoms with Crippen molar-refractivity contribution in [3.63, 3.8) is 0 Å². The third-order valence-electron chi connectivity index (χ3n) is 2.10. The highest BCUT2D eigenvalue weighted by molar-refractivity contribution is 7.84. The maximum atomic E-state index is 11.5.